The Bertz CT molecular complexity index is 742. The number of amides is 2. The summed E-state index contributed by atoms with van der Waals surface area (Å²) in [5.74, 6) is -0.898. The van der Waals surface area contributed by atoms with Crippen LogP contribution in [0, 0.1) is 12.8 Å². The highest BCUT2D eigenvalue weighted by atomic mass is 16.2. The highest BCUT2D eigenvalue weighted by Gasteiger charge is 2.38. The van der Waals surface area contributed by atoms with E-state index in [1.165, 1.54) is 0 Å². The van der Waals surface area contributed by atoms with E-state index in [0.29, 0.717) is 13.0 Å². The van der Waals surface area contributed by atoms with Crippen LogP contribution < -0.4 is 10.2 Å². The van der Waals surface area contributed by atoms with Crippen LogP contribution in [0.3, 0.4) is 0 Å². The third kappa shape index (κ3) is 3.18. The highest BCUT2D eigenvalue weighted by molar-refractivity contribution is 6.10. The lowest BCUT2D eigenvalue weighted by atomic mass is 10.0. The summed E-state index contributed by atoms with van der Waals surface area (Å²) in [6.07, 6.45) is 0.556. The molecule has 2 aromatic carbocycles. The summed E-state index contributed by atoms with van der Waals surface area (Å²) in [6.45, 7) is 4.50. The molecule has 4 nitrogen and oxygen atoms in total. The molecule has 1 heterocycles. The minimum Gasteiger partial charge on any atom is -0.349 e. The van der Waals surface area contributed by atoms with E-state index in [2.05, 4.69) is 5.32 Å². The van der Waals surface area contributed by atoms with Gasteiger partial charge >= 0.3 is 0 Å². The van der Waals surface area contributed by atoms with Crippen LogP contribution in [0.2, 0.25) is 0 Å². The second kappa shape index (κ2) is 6.87. The standard InChI is InChI=1S/C20H22N2O2/c1-14-8-6-7-11-18(14)22-13-12-17(20(22)24)19(23)21-15(2)16-9-4-3-5-10-16/h3-11,15,17H,12-13H2,1-2H3,(H,21,23). The molecule has 1 fully saturated rings. The molecule has 24 heavy (non-hydrogen) atoms. The average Bonchev–Trinajstić information content (AvgIpc) is 2.97. The number of aryl methyl sites for hydroxylation is 1. The molecular formula is C20H22N2O2. The normalized spacial score (nSPS) is 18.5. The first-order chi connectivity index (χ1) is 11.6. The van der Waals surface area contributed by atoms with Gasteiger partial charge in [-0.1, -0.05) is 48.5 Å². The number of rotatable bonds is 4. The van der Waals surface area contributed by atoms with E-state index in [1.807, 2.05) is 68.4 Å². The fraction of sp³-hybridized carbons (Fsp3) is 0.300. The van der Waals surface area contributed by atoms with Gasteiger partial charge in [0.05, 0.1) is 6.04 Å². The third-order valence-electron chi connectivity index (χ3n) is 4.59. The maximum absolute atomic E-state index is 12.7. The number of hydrogen-bond donors (Lipinski definition) is 1. The van der Waals surface area contributed by atoms with Gasteiger partial charge in [0.25, 0.3) is 0 Å². The zero-order valence-corrected chi connectivity index (χ0v) is 14.0. The minimum atomic E-state index is -0.601. The Morgan fingerprint density at radius 2 is 1.79 bits per heavy atom. The van der Waals surface area contributed by atoms with Crippen LogP contribution >= 0.6 is 0 Å². The fourth-order valence-electron chi connectivity index (χ4n) is 3.17. The molecule has 3 rings (SSSR count). The van der Waals surface area contributed by atoms with Crippen LogP contribution in [-0.4, -0.2) is 18.4 Å². The van der Waals surface area contributed by atoms with Gasteiger partial charge in [-0.05, 0) is 37.5 Å². The van der Waals surface area contributed by atoms with Gasteiger partial charge in [-0.15, -0.1) is 0 Å². The first-order valence-corrected chi connectivity index (χ1v) is 8.30. The van der Waals surface area contributed by atoms with Gasteiger partial charge in [-0.25, -0.2) is 0 Å². The lowest BCUT2D eigenvalue weighted by Crippen LogP contribution is -2.38. The summed E-state index contributed by atoms with van der Waals surface area (Å²) in [5, 5.41) is 2.97. The molecule has 0 radical (unpaired) electrons. The Labute approximate surface area is 142 Å². The Kier molecular flexibility index (Phi) is 4.65. The van der Waals surface area contributed by atoms with Crippen molar-refractivity contribution >= 4 is 17.5 Å². The molecule has 0 aliphatic carbocycles. The van der Waals surface area contributed by atoms with Crippen LogP contribution in [0.1, 0.15) is 30.5 Å². The van der Waals surface area contributed by atoms with Gasteiger partial charge < -0.3 is 10.2 Å². The van der Waals surface area contributed by atoms with Crippen LogP contribution in [0.5, 0.6) is 0 Å². The molecule has 0 bridgehead atoms. The number of anilines is 1. The van der Waals surface area contributed by atoms with E-state index in [4.69, 9.17) is 0 Å². The smallest absolute Gasteiger partial charge is 0.239 e. The molecule has 2 unspecified atom stereocenters. The van der Waals surface area contributed by atoms with Crippen molar-refractivity contribution in [1.82, 2.24) is 5.32 Å². The van der Waals surface area contributed by atoms with Crippen molar-refractivity contribution in [2.45, 2.75) is 26.3 Å². The molecule has 1 aliphatic rings. The first kappa shape index (κ1) is 16.2. The molecule has 2 amide bonds. The van der Waals surface area contributed by atoms with Gasteiger partial charge in [-0.2, -0.15) is 0 Å². The highest BCUT2D eigenvalue weighted by Crippen LogP contribution is 2.28. The first-order valence-electron chi connectivity index (χ1n) is 8.30. The molecule has 0 aromatic heterocycles. The van der Waals surface area contributed by atoms with Crippen molar-refractivity contribution in [2.75, 3.05) is 11.4 Å². The summed E-state index contributed by atoms with van der Waals surface area (Å²) in [5.41, 5.74) is 2.98. The maximum atomic E-state index is 12.7. The van der Waals surface area contributed by atoms with Gasteiger partial charge in [-0.3, -0.25) is 9.59 Å². The zero-order valence-electron chi connectivity index (χ0n) is 14.0. The van der Waals surface area contributed by atoms with Crippen LogP contribution in [-0.2, 0) is 9.59 Å². The Balaban J connectivity index is 1.69. The van der Waals surface area contributed by atoms with Crippen molar-refractivity contribution in [2.24, 2.45) is 5.92 Å². The summed E-state index contributed by atoms with van der Waals surface area (Å²) in [7, 11) is 0. The Morgan fingerprint density at radius 1 is 1.12 bits per heavy atom. The number of nitrogens with one attached hydrogen (secondary N) is 1. The number of benzene rings is 2. The number of para-hydroxylation sites is 1. The second-order valence-corrected chi connectivity index (χ2v) is 6.26. The van der Waals surface area contributed by atoms with E-state index in [9.17, 15) is 9.59 Å². The third-order valence-corrected chi connectivity index (χ3v) is 4.59. The summed E-state index contributed by atoms with van der Waals surface area (Å²) >= 11 is 0. The van der Waals surface area contributed by atoms with E-state index in [0.717, 1.165) is 16.8 Å². The number of carbonyl (C=O) groups excluding carboxylic acids is 2. The molecule has 2 atom stereocenters. The largest absolute Gasteiger partial charge is 0.349 e. The van der Waals surface area contributed by atoms with Gasteiger partial charge in [0, 0.05) is 12.2 Å². The molecule has 1 saturated heterocycles. The fourth-order valence-corrected chi connectivity index (χ4v) is 3.17. The predicted molar refractivity (Wildman–Crippen MR) is 94.6 cm³/mol. The van der Waals surface area contributed by atoms with Crippen molar-refractivity contribution in [3.8, 4) is 0 Å². The van der Waals surface area contributed by atoms with Crippen molar-refractivity contribution in [3.63, 3.8) is 0 Å². The number of carbonyl (C=O) groups is 2. The number of nitrogens with zero attached hydrogens (tertiary/aromatic N) is 1. The summed E-state index contributed by atoms with van der Waals surface area (Å²) in [6, 6.07) is 17.4. The summed E-state index contributed by atoms with van der Waals surface area (Å²) in [4.78, 5) is 27.0. The molecular weight excluding hydrogens is 300 g/mol. The van der Waals surface area contributed by atoms with E-state index in [-0.39, 0.29) is 17.9 Å². The van der Waals surface area contributed by atoms with Crippen LogP contribution in [0.25, 0.3) is 0 Å². The second-order valence-electron chi connectivity index (χ2n) is 6.26. The van der Waals surface area contributed by atoms with Crippen molar-refractivity contribution < 1.29 is 9.59 Å². The Morgan fingerprint density at radius 3 is 2.50 bits per heavy atom. The topological polar surface area (TPSA) is 49.4 Å². The predicted octanol–water partition coefficient (Wildman–Crippen LogP) is 3.23. The lowest BCUT2D eigenvalue weighted by molar-refractivity contribution is -0.132. The molecule has 0 spiro atoms. The molecule has 2 aromatic rings. The van der Waals surface area contributed by atoms with Gasteiger partial charge in [0.1, 0.15) is 5.92 Å². The molecule has 0 saturated carbocycles. The minimum absolute atomic E-state index is 0.109. The van der Waals surface area contributed by atoms with Crippen LogP contribution in [0.4, 0.5) is 5.69 Å². The lowest BCUT2D eigenvalue weighted by Gasteiger charge is -2.20. The summed E-state index contributed by atoms with van der Waals surface area (Å²) < 4.78 is 0. The quantitative estimate of drug-likeness (QED) is 0.879. The van der Waals surface area contributed by atoms with Gasteiger partial charge in [0.15, 0.2) is 0 Å². The van der Waals surface area contributed by atoms with E-state index < -0.39 is 5.92 Å². The average molecular weight is 322 g/mol. The van der Waals surface area contributed by atoms with E-state index in [1.54, 1.807) is 4.90 Å². The van der Waals surface area contributed by atoms with Crippen LogP contribution in [0.15, 0.2) is 54.6 Å². The SMILES string of the molecule is Cc1ccccc1N1CCC(C(=O)NC(C)c2ccccc2)C1=O. The van der Waals surface area contributed by atoms with Gasteiger partial charge in [0.2, 0.25) is 11.8 Å². The molecule has 4 heteroatoms. The molecule has 1 N–H and O–H groups in total. The zero-order chi connectivity index (χ0) is 17.1. The van der Waals surface area contributed by atoms with Crippen molar-refractivity contribution in [3.05, 3.63) is 65.7 Å². The number of hydrogen-bond acceptors (Lipinski definition) is 2. The molecule has 1 aliphatic heterocycles. The van der Waals surface area contributed by atoms with E-state index >= 15 is 0 Å². The Hall–Kier alpha value is -2.62. The molecule has 124 valence electrons. The monoisotopic (exact) mass is 322 g/mol. The maximum Gasteiger partial charge on any atom is 0.239 e. The van der Waals surface area contributed by atoms with Crippen molar-refractivity contribution in [1.29, 1.82) is 0 Å².